The minimum Gasteiger partial charge on any atom is -0.458 e. The van der Waals surface area contributed by atoms with Crippen LogP contribution in [0, 0.1) is 39.9 Å². The lowest BCUT2D eigenvalue weighted by atomic mass is 9.36. The number of carbonyl (C=O) groups is 3. The van der Waals surface area contributed by atoms with Crippen LogP contribution in [0.3, 0.4) is 0 Å². The SMILES string of the molecule is CC(=O)O[C@H]1C[C@@]2(C)[C@H](C[C@@H](O)[C@@H]3[C@@]4(C)CC[C@@H](O)[C@@H](C)C4CC[C@@]32C)C1=C(CCC(=C(C)C)C(F)(F)F)C(=O)OCC(=O)c1ccccc1. The number of hydrogen-bond acceptors (Lipinski definition) is 7. The summed E-state index contributed by atoms with van der Waals surface area (Å²) in [6.07, 6.45) is -4.07. The molecule has 50 heavy (non-hydrogen) atoms. The van der Waals surface area contributed by atoms with E-state index in [1.807, 2.05) is 0 Å². The molecule has 1 aromatic carbocycles. The molecule has 5 rings (SSSR count). The molecule has 1 unspecified atom stereocenters. The van der Waals surface area contributed by atoms with Crippen LogP contribution in [0.1, 0.15) is 110 Å². The van der Waals surface area contributed by atoms with Crippen molar-refractivity contribution in [3.05, 3.63) is 58.2 Å². The van der Waals surface area contributed by atoms with E-state index in [4.69, 9.17) is 9.47 Å². The summed E-state index contributed by atoms with van der Waals surface area (Å²) in [5.74, 6) is -2.34. The second-order valence-electron chi connectivity index (χ2n) is 16.4. The fraction of sp³-hybridized carbons (Fsp3) is 0.675. The summed E-state index contributed by atoms with van der Waals surface area (Å²) in [6, 6.07) is 8.27. The molecule has 4 aliphatic rings. The van der Waals surface area contributed by atoms with Crippen molar-refractivity contribution in [2.45, 2.75) is 124 Å². The topological polar surface area (TPSA) is 110 Å². The lowest BCUT2D eigenvalue weighted by molar-refractivity contribution is -0.234. The molecule has 276 valence electrons. The summed E-state index contributed by atoms with van der Waals surface area (Å²) >= 11 is 0. The Balaban J connectivity index is 1.61. The van der Waals surface area contributed by atoms with Crippen LogP contribution in [0.25, 0.3) is 0 Å². The first-order chi connectivity index (χ1) is 23.3. The second-order valence-corrected chi connectivity index (χ2v) is 16.4. The van der Waals surface area contributed by atoms with E-state index in [1.165, 1.54) is 20.8 Å². The van der Waals surface area contributed by atoms with Crippen molar-refractivity contribution >= 4 is 17.7 Å². The van der Waals surface area contributed by atoms with Gasteiger partial charge >= 0.3 is 18.1 Å². The van der Waals surface area contributed by atoms with Gasteiger partial charge in [-0.3, -0.25) is 9.59 Å². The van der Waals surface area contributed by atoms with Crippen LogP contribution in [-0.4, -0.2) is 59.0 Å². The molecule has 0 radical (unpaired) electrons. The average Bonchev–Trinajstić information content (AvgIpc) is 3.30. The maximum atomic E-state index is 14.2. The van der Waals surface area contributed by atoms with Crippen LogP contribution in [0.5, 0.6) is 0 Å². The van der Waals surface area contributed by atoms with Crippen LogP contribution in [0.4, 0.5) is 13.2 Å². The summed E-state index contributed by atoms with van der Waals surface area (Å²) in [7, 11) is 0. The van der Waals surface area contributed by atoms with Gasteiger partial charge in [0.25, 0.3) is 0 Å². The highest BCUT2D eigenvalue weighted by molar-refractivity contribution is 5.99. The Morgan fingerprint density at radius 1 is 0.920 bits per heavy atom. The molecule has 10 heteroatoms. The van der Waals surface area contributed by atoms with Gasteiger partial charge in [0.15, 0.2) is 12.4 Å². The van der Waals surface area contributed by atoms with Crippen molar-refractivity contribution in [2.75, 3.05) is 6.61 Å². The first-order valence-corrected chi connectivity index (χ1v) is 18.0. The lowest BCUT2D eigenvalue weighted by Crippen LogP contribution is -2.65. The molecule has 4 fully saturated rings. The molecule has 0 aromatic heterocycles. The van der Waals surface area contributed by atoms with E-state index in [0.717, 1.165) is 19.3 Å². The zero-order valence-electron chi connectivity index (χ0n) is 30.4. The number of esters is 2. The quantitative estimate of drug-likeness (QED) is 0.123. The number of halogens is 3. The van der Waals surface area contributed by atoms with Crippen molar-refractivity contribution in [1.82, 2.24) is 0 Å². The Bertz CT molecular complexity index is 1550. The zero-order valence-corrected chi connectivity index (χ0v) is 30.4. The molecule has 4 saturated carbocycles. The number of benzene rings is 1. The maximum Gasteiger partial charge on any atom is 0.412 e. The number of aliphatic hydroxyl groups is 2. The fourth-order valence-electron chi connectivity index (χ4n) is 11.1. The summed E-state index contributed by atoms with van der Waals surface area (Å²) in [5.41, 5.74) is -1.36. The van der Waals surface area contributed by atoms with Gasteiger partial charge in [-0.15, -0.1) is 0 Å². The third-order valence-electron chi connectivity index (χ3n) is 13.6. The number of Topliss-reactive ketones (excluding diaryl/α,β-unsaturated/α-hetero) is 1. The van der Waals surface area contributed by atoms with Gasteiger partial charge in [-0.2, -0.15) is 13.2 Å². The Hall–Kier alpha value is -2.98. The number of rotatable bonds is 8. The standard InChI is InChI=1S/C40H53F3O7/c1-22(2)27(40(41,42)43)14-13-26(36(48)49-21-32(47)25-11-9-8-10-12-25)34-29-19-31(46)35-37(5)17-16-30(45)23(3)28(37)15-18-38(35,6)39(29,7)20-33(34)50-24(4)44/h8-12,23,28-31,33,35,45-46H,13-21H2,1-7H3/t23-,28?,29+,30+,31+,33-,35+,37-,38-,39-/m0/s1. The molecule has 4 aliphatic carbocycles. The molecular formula is C40H53F3O7. The average molecular weight is 703 g/mol. The molecule has 2 N–H and O–H groups in total. The third kappa shape index (κ3) is 6.59. The van der Waals surface area contributed by atoms with Gasteiger partial charge in [0.05, 0.1) is 12.2 Å². The van der Waals surface area contributed by atoms with Crippen molar-refractivity contribution < 1.29 is 47.2 Å². The first-order valence-electron chi connectivity index (χ1n) is 18.0. The van der Waals surface area contributed by atoms with Crippen molar-refractivity contribution in [3.8, 4) is 0 Å². The molecule has 10 atom stereocenters. The maximum absolute atomic E-state index is 14.2. The second kappa shape index (κ2) is 13.9. The summed E-state index contributed by atoms with van der Waals surface area (Å²) in [5, 5.41) is 23.0. The first kappa shape index (κ1) is 38.3. The number of fused-ring (bicyclic) bond motifs is 5. The van der Waals surface area contributed by atoms with Crippen LogP contribution in [-0.2, 0) is 19.1 Å². The van der Waals surface area contributed by atoms with Crippen molar-refractivity contribution in [1.29, 1.82) is 0 Å². The number of alkyl halides is 3. The van der Waals surface area contributed by atoms with Crippen molar-refractivity contribution in [2.24, 2.45) is 39.9 Å². The predicted molar refractivity (Wildman–Crippen MR) is 182 cm³/mol. The summed E-state index contributed by atoms with van der Waals surface area (Å²) in [4.78, 5) is 39.6. The predicted octanol–water partition coefficient (Wildman–Crippen LogP) is 7.94. The lowest BCUT2D eigenvalue weighted by Gasteiger charge is -2.69. The molecule has 0 aliphatic heterocycles. The van der Waals surface area contributed by atoms with E-state index in [0.29, 0.717) is 24.0 Å². The number of ketones is 1. The Morgan fingerprint density at radius 2 is 1.58 bits per heavy atom. The molecule has 0 heterocycles. The molecule has 0 amide bonds. The number of ether oxygens (including phenoxy) is 2. The van der Waals surface area contributed by atoms with Gasteiger partial charge in [-0.05, 0) is 111 Å². The Labute approximate surface area is 293 Å². The molecule has 0 spiro atoms. The Morgan fingerprint density at radius 3 is 2.18 bits per heavy atom. The normalized spacial score (nSPS) is 37.5. The van der Waals surface area contributed by atoms with E-state index in [1.54, 1.807) is 30.3 Å². The van der Waals surface area contributed by atoms with Gasteiger partial charge < -0.3 is 19.7 Å². The highest BCUT2D eigenvalue weighted by Crippen LogP contribution is 2.74. The minimum absolute atomic E-state index is 0.0302. The van der Waals surface area contributed by atoms with Gasteiger partial charge in [0, 0.05) is 23.6 Å². The largest absolute Gasteiger partial charge is 0.458 e. The van der Waals surface area contributed by atoms with Gasteiger partial charge in [0.2, 0.25) is 0 Å². The van der Waals surface area contributed by atoms with E-state index in [2.05, 4.69) is 27.7 Å². The Kier molecular flexibility index (Phi) is 10.6. The van der Waals surface area contributed by atoms with Crippen LogP contribution < -0.4 is 0 Å². The highest BCUT2D eigenvalue weighted by Gasteiger charge is 2.71. The molecule has 7 nitrogen and oxygen atoms in total. The fourth-order valence-corrected chi connectivity index (χ4v) is 11.1. The number of hydrogen-bond donors (Lipinski definition) is 2. The third-order valence-corrected chi connectivity index (χ3v) is 13.6. The molecule has 0 saturated heterocycles. The van der Waals surface area contributed by atoms with Gasteiger partial charge in [-0.1, -0.05) is 63.6 Å². The monoisotopic (exact) mass is 702 g/mol. The van der Waals surface area contributed by atoms with Crippen LogP contribution in [0.2, 0.25) is 0 Å². The minimum atomic E-state index is -4.62. The highest BCUT2D eigenvalue weighted by atomic mass is 19.4. The van der Waals surface area contributed by atoms with E-state index in [9.17, 15) is 37.8 Å². The zero-order chi connectivity index (χ0) is 37.0. The van der Waals surface area contributed by atoms with Gasteiger partial charge in [0.1, 0.15) is 6.10 Å². The molecule has 1 aromatic rings. The number of carbonyl (C=O) groups excluding carboxylic acids is 3. The van der Waals surface area contributed by atoms with E-state index < -0.39 is 77.6 Å². The molecular weight excluding hydrogens is 649 g/mol. The van der Waals surface area contributed by atoms with Crippen LogP contribution >= 0.6 is 0 Å². The molecule has 0 bridgehead atoms. The summed E-state index contributed by atoms with van der Waals surface area (Å²) in [6.45, 7) is 12.0. The van der Waals surface area contributed by atoms with Crippen molar-refractivity contribution in [3.63, 3.8) is 0 Å². The summed E-state index contributed by atoms with van der Waals surface area (Å²) < 4.78 is 54.0. The van der Waals surface area contributed by atoms with Gasteiger partial charge in [-0.25, -0.2) is 4.79 Å². The van der Waals surface area contributed by atoms with E-state index >= 15 is 0 Å². The van der Waals surface area contributed by atoms with E-state index in [-0.39, 0.29) is 47.2 Å². The van der Waals surface area contributed by atoms with Crippen LogP contribution in [0.15, 0.2) is 52.6 Å². The number of aliphatic hydroxyl groups excluding tert-OH is 2. The number of allylic oxidation sites excluding steroid dienone is 2. The smallest absolute Gasteiger partial charge is 0.412 e.